The summed E-state index contributed by atoms with van der Waals surface area (Å²) < 4.78 is 12.5. The first-order valence-corrected chi connectivity index (χ1v) is 12.2. The van der Waals surface area contributed by atoms with Gasteiger partial charge in [-0.1, -0.05) is 79.7 Å². The molecule has 0 saturated heterocycles. The normalized spacial score (nSPS) is 10.9. The summed E-state index contributed by atoms with van der Waals surface area (Å²) in [5.41, 5.74) is 4.18. The van der Waals surface area contributed by atoms with Crippen molar-refractivity contribution in [2.45, 2.75) is 31.5 Å². The maximum Gasteiger partial charge on any atom is 0.349 e. The summed E-state index contributed by atoms with van der Waals surface area (Å²) in [6.07, 6.45) is 2.03. The predicted molar refractivity (Wildman–Crippen MR) is 133 cm³/mol. The van der Waals surface area contributed by atoms with E-state index in [-0.39, 0.29) is 5.75 Å². The molecule has 1 aromatic heterocycles. The number of rotatable bonds is 10. The molecule has 0 N–H and O–H groups in total. The molecule has 0 aliphatic heterocycles. The van der Waals surface area contributed by atoms with Crippen molar-refractivity contribution in [3.8, 4) is 5.75 Å². The molecule has 4 aromatic rings. The fourth-order valence-corrected chi connectivity index (χ4v) is 4.37. The summed E-state index contributed by atoms with van der Waals surface area (Å²) in [5.74, 6) is -0.640. The predicted octanol–water partition coefficient (Wildman–Crippen LogP) is 5.28. The van der Waals surface area contributed by atoms with E-state index < -0.39 is 18.5 Å². The van der Waals surface area contributed by atoms with Gasteiger partial charge in [-0.05, 0) is 41.8 Å². The quantitative estimate of drug-likeness (QED) is 0.177. The van der Waals surface area contributed by atoms with Crippen LogP contribution in [0, 0.1) is 0 Å². The molecule has 0 bridgehead atoms. The monoisotopic (exact) mass is 474 g/mol. The van der Waals surface area contributed by atoms with Crippen LogP contribution in [0.15, 0.2) is 84.0 Å². The van der Waals surface area contributed by atoms with Crippen molar-refractivity contribution in [2.24, 2.45) is 0 Å². The zero-order valence-electron chi connectivity index (χ0n) is 19.0. The van der Waals surface area contributed by atoms with Crippen molar-refractivity contribution in [3.63, 3.8) is 0 Å². The number of para-hydroxylation sites is 2. The van der Waals surface area contributed by atoms with Crippen LogP contribution in [0.5, 0.6) is 5.75 Å². The molecule has 0 saturated carbocycles. The van der Waals surface area contributed by atoms with Crippen LogP contribution >= 0.6 is 11.8 Å². The van der Waals surface area contributed by atoms with Crippen LogP contribution in [-0.2, 0) is 27.3 Å². The van der Waals surface area contributed by atoms with Gasteiger partial charge in [0.15, 0.2) is 11.8 Å². The number of nitrogens with zero attached hydrogens (tertiary/aromatic N) is 2. The van der Waals surface area contributed by atoms with Gasteiger partial charge in [-0.2, -0.15) is 0 Å². The van der Waals surface area contributed by atoms with E-state index in [9.17, 15) is 9.59 Å². The Kier molecular flexibility index (Phi) is 7.99. The number of fused-ring (bicyclic) bond motifs is 1. The molecular weight excluding hydrogens is 448 g/mol. The van der Waals surface area contributed by atoms with Crippen molar-refractivity contribution < 1.29 is 19.1 Å². The zero-order valence-corrected chi connectivity index (χ0v) is 19.8. The third kappa shape index (κ3) is 6.26. The van der Waals surface area contributed by atoms with Gasteiger partial charge in [-0.15, -0.1) is 0 Å². The molecule has 0 amide bonds. The molecule has 0 unspecified atom stereocenters. The lowest BCUT2D eigenvalue weighted by Gasteiger charge is -2.09. The minimum atomic E-state index is -0.613. The van der Waals surface area contributed by atoms with Crippen molar-refractivity contribution in [1.82, 2.24) is 9.55 Å². The number of carbonyl (C=O) groups is 2. The number of thioether (sulfide) groups is 1. The van der Waals surface area contributed by atoms with Crippen molar-refractivity contribution in [1.29, 1.82) is 0 Å². The molecule has 34 heavy (non-hydrogen) atoms. The smallest absolute Gasteiger partial charge is 0.349 e. The van der Waals surface area contributed by atoms with Gasteiger partial charge >= 0.3 is 11.9 Å². The molecule has 0 atom stereocenters. The molecule has 1 heterocycles. The van der Waals surface area contributed by atoms with Crippen molar-refractivity contribution >= 4 is 34.7 Å². The summed E-state index contributed by atoms with van der Waals surface area (Å²) in [7, 11) is 0. The molecule has 6 nitrogen and oxygen atoms in total. The van der Waals surface area contributed by atoms with Gasteiger partial charge < -0.3 is 14.0 Å². The number of benzene rings is 3. The molecule has 0 fully saturated rings. The van der Waals surface area contributed by atoms with Crippen molar-refractivity contribution in [3.05, 3.63) is 90.0 Å². The third-order valence-corrected chi connectivity index (χ3v) is 6.12. The first-order valence-electron chi connectivity index (χ1n) is 11.2. The Hall–Kier alpha value is -3.58. The molecule has 174 valence electrons. The second-order valence-electron chi connectivity index (χ2n) is 7.77. The second-order valence-corrected chi connectivity index (χ2v) is 8.71. The van der Waals surface area contributed by atoms with E-state index >= 15 is 0 Å². The third-order valence-electron chi connectivity index (χ3n) is 5.17. The fraction of sp³-hybridized carbons (Fsp3) is 0.222. The topological polar surface area (TPSA) is 70.4 Å². The van der Waals surface area contributed by atoms with E-state index in [2.05, 4.69) is 28.6 Å². The first-order chi connectivity index (χ1) is 16.6. The van der Waals surface area contributed by atoms with Gasteiger partial charge in [-0.3, -0.25) is 4.79 Å². The SMILES string of the molecule is CCCc1ccc(OC(=O)COC(=O)CSc2nc3ccccc3n2Cc2ccccc2)cc1. The van der Waals surface area contributed by atoms with Crippen LogP contribution in [-0.4, -0.2) is 33.8 Å². The molecule has 4 rings (SSSR count). The van der Waals surface area contributed by atoms with Gasteiger partial charge in [-0.25, -0.2) is 9.78 Å². The van der Waals surface area contributed by atoms with Gasteiger partial charge in [0, 0.05) is 0 Å². The zero-order chi connectivity index (χ0) is 23.8. The molecule has 0 radical (unpaired) electrons. The lowest BCUT2D eigenvalue weighted by Crippen LogP contribution is -2.20. The lowest BCUT2D eigenvalue weighted by molar-refractivity contribution is -0.151. The number of aromatic nitrogens is 2. The average molecular weight is 475 g/mol. The van der Waals surface area contributed by atoms with Crippen LogP contribution in [0.25, 0.3) is 11.0 Å². The second kappa shape index (κ2) is 11.5. The summed E-state index contributed by atoms with van der Waals surface area (Å²) in [6.45, 7) is 2.32. The largest absolute Gasteiger partial charge is 0.453 e. The molecule has 0 spiro atoms. The van der Waals surface area contributed by atoms with Gasteiger partial charge in [0.2, 0.25) is 0 Å². The van der Waals surface area contributed by atoms with Crippen LogP contribution in [0.2, 0.25) is 0 Å². The minimum Gasteiger partial charge on any atom is -0.453 e. The Balaban J connectivity index is 1.32. The molecular formula is C27H26N2O4S. The molecule has 0 aliphatic carbocycles. The Labute approximate surface area is 202 Å². The van der Waals surface area contributed by atoms with Crippen LogP contribution in [0.4, 0.5) is 0 Å². The van der Waals surface area contributed by atoms with E-state index in [4.69, 9.17) is 9.47 Å². The number of ether oxygens (including phenoxy) is 2. The summed E-state index contributed by atoms with van der Waals surface area (Å²) in [5, 5.41) is 0.719. The van der Waals surface area contributed by atoms with E-state index in [1.54, 1.807) is 12.1 Å². The average Bonchev–Trinajstić information content (AvgIpc) is 3.21. The number of imidazole rings is 1. The maximum atomic E-state index is 12.3. The highest BCUT2D eigenvalue weighted by atomic mass is 32.2. The number of aryl methyl sites for hydroxylation is 1. The first kappa shape index (κ1) is 23.6. The Morgan fingerprint density at radius 1 is 0.882 bits per heavy atom. The van der Waals surface area contributed by atoms with E-state index in [1.165, 1.54) is 17.3 Å². The van der Waals surface area contributed by atoms with Crippen molar-refractivity contribution in [2.75, 3.05) is 12.4 Å². The Bertz CT molecular complexity index is 1250. The van der Waals surface area contributed by atoms with Gasteiger partial charge in [0.05, 0.1) is 23.3 Å². The number of esters is 2. The van der Waals surface area contributed by atoms with E-state index in [0.29, 0.717) is 12.3 Å². The van der Waals surface area contributed by atoms with Crippen LogP contribution in [0.3, 0.4) is 0 Å². The summed E-state index contributed by atoms with van der Waals surface area (Å²) in [4.78, 5) is 29.0. The van der Waals surface area contributed by atoms with E-state index in [1.807, 2.05) is 54.6 Å². The maximum absolute atomic E-state index is 12.3. The summed E-state index contributed by atoms with van der Waals surface area (Å²) >= 11 is 1.29. The highest BCUT2D eigenvalue weighted by Gasteiger charge is 2.15. The highest BCUT2D eigenvalue weighted by molar-refractivity contribution is 7.99. The van der Waals surface area contributed by atoms with Gasteiger partial charge in [0.1, 0.15) is 5.75 Å². The fourth-order valence-electron chi connectivity index (χ4n) is 3.56. The van der Waals surface area contributed by atoms with Gasteiger partial charge in [0.25, 0.3) is 0 Å². The Morgan fingerprint density at radius 3 is 2.38 bits per heavy atom. The van der Waals surface area contributed by atoms with Crippen LogP contribution < -0.4 is 4.74 Å². The minimum absolute atomic E-state index is 0.0388. The number of hydrogen-bond acceptors (Lipinski definition) is 6. The Morgan fingerprint density at radius 2 is 1.62 bits per heavy atom. The standard InChI is InChI=1S/C27H26N2O4S/c1-2-8-20-13-15-22(16-14-20)33-25(30)18-32-26(31)19-34-27-28-23-11-6-7-12-24(23)29(27)17-21-9-4-3-5-10-21/h3-7,9-16H,2,8,17-19H2,1H3. The van der Waals surface area contributed by atoms with E-state index in [0.717, 1.165) is 34.6 Å². The number of carbonyl (C=O) groups excluding carboxylic acids is 2. The number of hydrogen-bond donors (Lipinski definition) is 0. The van der Waals surface area contributed by atoms with Crippen LogP contribution in [0.1, 0.15) is 24.5 Å². The highest BCUT2D eigenvalue weighted by Crippen LogP contribution is 2.25. The summed E-state index contributed by atoms with van der Waals surface area (Å²) in [6, 6.07) is 25.3. The molecule has 3 aromatic carbocycles. The lowest BCUT2D eigenvalue weighted by atomic mass is 10.1. The molecule has 7 heteroatoms. The molecule has 0 aliphatic rings.